The highest BCUT2D eigenvalue weighted by molar-refractivity contribution is 7.71. The fourth-order valence-corrected chi connectivity index (χ4v) is 2.61. The van der Waals surface area contributed by atoms with Crippen molar-refractivity contribution >= 4 is 24.3 Å². The summed E-state index contributed by atoms with van der Waals surface area (Å²) in [6, 6.07) is 7.18. The van der Waals surface area contributed by atoms with Crippen molar-refractivity contribution in [3.05, 3.63) is 39.5 Å². The van der Waals surface area contributed by atoms with Crippen LogP contribution in [0.4, 0.5) is 5.82 Å². The van der Waals surface area contributed by atoms with E-state index in [9.17, 15) is 10.4 Å². The molecule has 1 atom stereocenters. The third kappa shape index (κ3) is 2.18. The lowest BCUT2D eigenvalue weighted by Gasteiger charge is -2.14. The van der Waals surface area contributed by atoms with Gasteiger partial charge in [-0.15, -0.1) is 0 Å². The number of aliphatic imine (C=N–C) groups is 1. The third-order valence-corrected chi connectivity index (χ3v) is 3.78. The monoisotopic (exact) mass is 296 g/mol. The van der Waals surface area contributed by atoms with Crippen LogP contribution in [0.3, 0.4) is 0 Å². The molecule has 0 saturated heterocycles. The summed E-state index contributed by atoms with van der Waals surface area (Å²) in [5.41, 5.74) is 9.35. The molecule has 1 aromatic carbocycles. The zero-order valence-corrected chi connectivity index (χ0v) is 12.0. The largest absolute Gasteiger partial charge is 0.508 e. The zero-order chi connectivity index (χ0) is 15.1. The van der Waals surface area contributed by atoms with Crippen LogP contribution in [0.25, 0.3) is 11.1 Å². The highest BCUT2D eigenvalue weighted by atomic mass is 32.1. The van der Waals surface area contributed by atoms with Crippen molar-refractivity contribution in [2.75, 3.05) is 5.73 Å². The van der Waals surface area contributed by atoms with Gasteiger partial charge in [0.25, 0.3) is 0 Å². The van der Waals surface area contributed by atoms with Crippen LogP contribution in [0, 0.1) is 22.9 Å². The summed E-state index contributed by atoms with van der Waals surface area (Å²) in [6.07, 6.45) is 1.76. The Morgan fingerprint density at radius 3 is 2.76 bits per heavy atom. The maximum atomic E-state index is 9.68. The van der Waals surface area contributed by atoms with Gasteiger partial charge < -0.3 is 15.8 Å². The van der Waals surface area contributed by atoms with Gasteiger partial charge in [0.05, 0.1) is 5.56 Å². The Kier molecular flexibility index (Phi) is 3.00. The van der Waals surface area contributed by atoms with Gasteiger partial charge in [-0.3, -0.25) is 4.99 Å². The van der Waals surface area contributed by atoms with E-state index < -0.39 is 0 Å². The van der Waals surface area contributed by atoms with Crippen LogP contribution in [-0.4, -0.2) is 16.3 Å². The minimum atomic E-state index is -0.118. The van der Waals surface area contributed by atoms with Crippen LogP contribution < -0.4 is 5.73 Å². The normalized spacial score (nSPS) is 15.7. The number of phenolic OH excluding ortho intramolecular Hbond substituents is 1. The maximum absolute atomic E-state index is 9.68. The first-order chi connectivity index (χ1) is 10.0. The molecule has 1 aromatic heterocycles. The Bertz CT molecular complexity index is 870. The van der Waals surface area contributed by atoms with Crippen molar-refractivity contribution in [3.63, 3.8) is 0 Å². The van der Waals surface area contributed by atoms with E-state index in [1.54, 1.807) is 25.3 Å². The van der Waals surface area contributed by atoms with Crippen molar-refractivity contribution < 1.29 is 5.11 Å². The fourth-order valence-electron chi connectivity index (χ4n) is 2.35. The van der Waals surface area contributed by atoms with Gasteiger partial charge in [-0.05, 0) is 30.2 Å². The number of aryl methyl sites for hydroxylation is 1. The molecule has 2 aromatic rings. The predicted octanol–water partition coefficient (Wildman–Crippen LogP) is 3.00. The molecule has 0 spiro atoms. The van der Waals surface area contributed by atoms with Gasteiger partial charge in [0.15, 0.2) is 0 Å². The van der Waals surface area contributed by atoms with Crippen LogP contribution in [0.2, 0.25) is 0 Å². The summed E-state index contributed by atoms with van der Waals surface area (Å²) >= 11 is 5.20. The molecule has 6 heteroatoms. The smallest absolute Gasteiger partial charge is 0.123 e. The lowest BCUT2D eigenvalue weighted by Crippen LogP contribution is -2.04. The lowest BCUT2D eigenvalue weighted by atomic mass is 9.93. The minimum Gasteiger partial charge on any atom is -0.508 e. The summed E-state index contributed by atoms with van der Waals surface area (Å²) in [7, 11) is 0. The number of nitrogen functional groups attached to an aromatic ring is 1. The van der Waals surface area contributed by atoms with E-state index in [4.69, 9.17) is 18.0 Å². The average molecular weight is 296 g/mol. The number of aromatic nitrogens is 1. The lowest BCUT2D eigenvalue weighted by molar-refractivity contribution is 0.471. The fraction of sp³-hybridized carbons (Fsp3) is 0.133. The van der Waals surface area contributed by atoms with Crippen molar-refractivity contribution in [3.8, 4) is 22.9 Å². The van der Waals surface area contributed by atoms with Crippen molar-refractivity contribution in [2.24, 2.45) is 4.99 Å². The van der Waals surface area contributed by atoms with E-state index in [0.29, 0.717) is 21.6 Å². The zero-order valence-electron chi connectivity index (χ0n) is 11.2. The number of hydrogen-bond donors (Lipinski definition) is 3. The third-order valence-electron chi connectivity index (χ3n) is 3.48. The Balaban J connectivity index is 2.36. The van der Waals surface area contributed by atoms with E-state index in [2.05, 4.69) is 16.0 Å². The summed E-state index contributed by atoms with van der Waals surface area (Å²) in [5.74, 6) is 0.623. The number of anilines is 1. The number of H-pyrrole nitrogens is 1. The molecular weight excluding hydrogens is 284 g/mol. The first-order valence-corrected chi connectivity index (χ1v) is 6.72. The number of nitriles is 1. The van der Waals surface area contributed by atoms with Crippen LogP contribution >= 0.6 is 12.2 Å². The van der Waals surface area contributed by atoms with Crippen LogP contribution in [-0.2, 0) is 0 Å². The average Bonchev–Trinajstić information content (AvgIpc) is 3.25. The number of nitrogens with zero attached hydrogens (tertiary/aromatic N) is 2. The number of pyridine rings is 1. The summed E-state index contributed by atoms with van der Waals surface area (Å²) in [5, 5.41) is 19.1. The number of rotatable bonds is 2. The first kappa shape index (κ1) is 13.3. The van der Waals surface area contributed by atoms with Crippen LogP contribution in [0.15, 0.2) is 23.2 Å². The molecule has 2 heterocycles. The topological polar surface area (TPSA) is 98.2 Å². The Morgan fingerprint density at radius 1 is 1.48 bits per heavy atom. The molecule has 4 N–H and O–H groups in total. The van der Waals surface area contributed by atoms with E-state index in [1.807, 2.05) is 6.07 Å². The van der Waals surface area contributed by atoms with Gasteiger partial charge in [-0.2, -0.15) is 5.26 Å². The summed E-state index contributed by atoms with van der Waals surface area (Å²) < 4.78 is 0.306. The molecule has 1 aliphatic heterocycles. The SMILES string of the molecule is Cc1cc(-c2c(C3C=N3)c(N)[nH]c(=S)c2C#N)ccc1O. The van der Waals surface area contributed by atoms with Crippen molar-refractivity contribution in [1.29, 1.82) is 5.26 Å². The van der Waals surface area contributed by atoms with Crippen molar-refractivity contribution in [2.45, 2.75) is 13.0 Å². The van der Waals surface area contributed by atoms with Crippen molar-refractivity contribution in [1.82, 2.24) is 4.98 Å². The predicted molar refractivity (Wildman–Crippen MR) is 83.8 cm³/mol. The maximum Gasteiger partial charge on any atom is 0.123 e. The number of nitrogens with one attached hydrogen (secondary N) is 1. The molecule has 0 radical (unpaired) electrons. The highest BCUT2D eigenvalue weighted by Gasteiger charge is 2.27. The number of aromatic amines is 1. The van der Waals surface area contributed by atoms with Crippen LogP contribution in [0.1, 0.15) is 22.7 Å². The van der Waals surface area contributed by atoms with Crippen LogP contribution in [0.5, 0.6) is 5.75 Å². The standard InChI is InChI=1S/C15H12N4OS/c1-7-4-8(2-3-11(7)20)12-9(5-16)15(21)19-14(17)13(12)10-6-18-10/h2-4,6,10,20H,1H3,(H3,17,19,21). The highest BCUT2D eigenvalue weighted by Crippen LogP contribution is 2.40. The Hall–Kier alpha value is -2.65. The molecule has 0 fully saturated rings. The summed E-state index contributed by atoms with van der Waals surface area (Å²) in [6.45, 7) is 1.80. The van der Waals surface area contributed by atoms with Gasteiger partial charge in [0, 0.05) is 17.3 Å². The van der Waals surface area contributed by atoms with Gasteiger partial charge in [-0.25, -0.2) is 0 Å². The molecule has 1 aliphatic rings. The molecule has 21 heavy (non-hydrogen) atoms. The Morgan fingerprint density at radius 2 is 2.19 bits per heavy atom. The Labute approximate surface area is 126 Å². The minimum absolute atomic E-state index is 0.118. The van der Waals surface area contributed by atoms with Gasteiger partial charge in [-0.1, -0.05) is 18.3 Å². The second-order valence-corrected chi connectivity index (χ2v) is 5.30. The molecule has 5 nitrogen and oxygen atoms in total. The number of aromatic hydroxyl groups is 1. The van der Waals surface area contributed by atoms with E-state index in [0.717, 1.165) is 16.7 Å². The van der Waals surface area contributed by atoms with E-state index >= 15 is 0 Å². The number of nitrogens with two attached hydrogens (primary N) is 1. The molecule has 0 bridgehead atoms. The van der Waals surface area contributed by atoms with Gasteiger partial charge in [0.2, 0.25) is 0 Å². The second-order valence-electron chi connectivity index (χ2n) is 4.89. The molecule has 1 unspecified atom stereocenters. The number of phenols is 1. The molecule has 3 rings (SSSR count). The quantitative estimate of drug-likeness (QED) is 0.742. The summed E-state index contributed by atoms with van der Waals surface area (Å²) in [4.78, 5) is 7.00. The van der Waals surface area contributed by atoms with Gasteiger partial charge >= 0.3 is 0 Å². The molecule has 0 aliphatic carbocycles. The molecule has 0 saturated carbocycles. The van der Waals surface area contributed by atoms with Gasteiger partial charge in [0.1, 0.15) is 28.3 Å². The second kappa shape index (κ2) is 4.72. The number of hydrogen-bond acceptors (Lipinski definition) is 5. The van der Waals surface area contributed by atoms with E-state index in [1.165, 1.54) is 0 Å². The first-order valence-electron chi connectivity index (χ1n) is 6.32. The van der Waals surface area contributed by atoms with E-state index in [-0.39, 0.29) is 11.8 Å². The molecular formula is C15H12N4OS. The molecule has 0 amide bonds. The number of benzene rings is 1. The molecule has 104 valence electrons.